The summed E-state index contributed by atoms with van der Waals surface area (Å²) in [7, 11) is 0. The zero-order valence-corrected chi connectivity index (χ0v) is 27.3. The van der Waals surface area contributed by atoms with E-state index < -0.39 is 26.9 Å². The third-order valence-corrected chi connectivity index (χ3v) is 8.56. The average Bonchev–Trinajstić information content (AvgIpc) is 3.12. The molecular formula is C37H29N5O7S. The van der Waals surface area contributed by atoms with Crippen molar-refractivity contribution in [3.05, 3.63) is 176 Å². The second-order valence-corrected chi connectivity index (χ2v) is 12.0. The Balaban J connectivity index is 1.38. The zero-order chi connectivity index (χ0) is 35.6. The van der Waals surface area contributed by atoms with Crippen LogP contribution < -0.4 is 16.0 Å². The van der Waals surface area contributed by atoms with E-state index in [4.69, 9.17) is 0 Å². The van der Waals surface area contributed by atoms with Gasteiger partial charge < -0.3 is 16.0 Å². The predicted molar refractivity (Wildman–Crippen MR) is 192 cm³/mol. The van der Waals surface area contributed by atoms with Crippen LogP contribution in [-0.4, -0.2) is 27.6 Å². The van der Waals surface area contributed by atoms with Gasteiger partial charge in [-0.2, -0.15) is 0 Å². The van der Waals surface area contributed by atoms with Gasteiger partial charge in [0.1, 0.15) is 10.9 Å². The molecule has 250 valence electrons. The predicted octanol–water partition coefficient (Wildman–Crippen LogP) is 7.69. The normalized spacial score (nSPS) is 11.6. The highest BCUT2D eigenvalue weighted by molar-refractivity contribution is 8.00. The number of hydrogen-bond acceptors (Lipinski definition) is 8. The fourth-order valence-electron chi connectivity index (χ4n) is 4.78. The summed E-state index contributed by atoms with van der Waals surface area (Å²) in [6.45, 7) is 1.67. The number of nitro benzene ring substituents is 2. The summed E-state index contributed by atoms with van der Waals surface area (Å²) in [4.78, 5) is 62.2. The van der Waals surface area contributed by atoms with Gasteiger partial charge in [0.05, 0.1) is 9.85 Å². The molecule has 50 heavy (non-hydrogen) atoms. The molecule has 5 rings (SSSR count). The first kappa shape index (κ1) is 34.7. The number of nitro groups is 2. The van der Waals surface area contributed by atoms with Crippen LogP contribution in [-0.2, 0) is 9.59 Å². The Bertz CT molecular complexity index is 2090. The van der Waals surface area contributed by atoms with Crippen molar-refractivity contribution < 1.29 is 24.2 Å². The van der Waals surface area contributed by atoms with E-state index in [1.807, 2.05) is 30.3 Å². The minimum atomic E-state index is -0.737. The minimum Gasteiger partial charge on any atom is -0.325 e. The van der Waals surface area contributed by atoms with Crippen LogP contribution in [0.5, 0.6) is 0 Å². The van der Waals surface area contributed by atoms with E-state index in [1.165, 1.54) is 60.3 Å². The summed E-state index contributed by atoms with van der Waals surface area (Å²) in [5.74, 6) is -1.54. The lowest BCUT2D eigenvalue weighted by atomic mass is 10.1. The monoisotopic (exact) mass is 687 g/mol. The quantitative estimate of drug-likeness (QED) is 0.0518. The van der Waals surface area contributed by atoms with Crippen LogP contribution in [0, 0.1) is 27.2 Å². The Morgan fingerprint density at radius 3 is 2.00 bits per heavy atom. The topological polar surface area (TPSA) is 174 Å². The number of rotatable bonds is 12. The Morgan fingerprint density at radius 2 is 1.36 bits per heavy atom. The smallest absolute Gasteiger partial charge is 0.272 e. The van der Waals surface area contributed by atoms with Crippen LogP contribution in [0.1, 0.15) is 32.3 Å². The first-order chi connectivity index (χ1) is 24.1. The lowest BCUT2D eigenvalue weighted by Gasteiger charge is -2.18. The maximum Gasteiger partial charge on any atom is 0.272 e. The summed E-state index contributed by atoms with van der Waals surface area (Å²) < 4.78 is 0. The summed E-state index contributed by atoms with van der Waals surface area (Å²) in [5, 5.41) is 29.9. The van der Waals surface area contributed by atoms with Crippen LogP contribution in [0.4, 0.5) is 22.7 Å². The van der Waals surface area contributed by atoms with Crippen molar-refractivity contribution >= 4 is 58.3 Å². The lowest BCUT2D eigenvalue weighted by molar-refractivity contribution is -0.385. The van der Waals surface area contributed by atoms with Crippen LogP contribution in [0.25, 0.3) is 6.08 Å². The van der Waals surface area contributed by atoms with Gasteiger partial charge in [0.2, 0.25) is 5.91 Å². The van der Waals surface area contributed by atoms with Gasteiger partial charge in [-0.25, -0.2) is 0 Å². The molecule has 0 radical (unpaired) electrons. The number of carbonyl (C=O) groups excluding carboxylic acids is 3. The Labute approximate surface area is 290 Å². The van der Waals surface area contributed by atoms with Crippen LogP contribution in [0.2, 0.25) is 0 Å². The molecule has 12 nitrogen and oxygen atoms in total. The summed E-state index contributed by atoms with van der Waals surface area (Å²) in [5.41, 5.74) is 2.51. The molecule has 1 unspecified atom stereocenters. The second-order valence-electron chi connectivity index (χ2n) is 10.9. The molecule has 0 aliphatic rings. The first-order valence-electron chi connectivity index (χ1n) is 15.1. The number of thioether (sulfide) groups is 1. The fourth-order valence-corrected chi connectivity index (χ4v) is 5.87. The van der Waals surface area contributed by atoms with Crippen LogP contribution in [0.3, 0.4) is 0 Å². The molecule has 0 saturated heterocycles. The SMILES string of the molecule is Cc1cc([N+](=O)[O-])ccc1NC(=O)C(Sc1cccc(NC(=O)/C(=C\c2ccc([N+](=O)[O-])cc2)NC(=O)c2ccccc2)c1)c1ccccc1. The summed E-state index contributed by atoms with van der Waals surface area (Å²) >= 11 is 1.24. The highest BCUT2D eigenvalue weighted by atomic mass is 32.2. The van der Waals surface area contributed by atoms with Gasteiger partial charge in [-0.15, -0.1) is 11.8 Å². The maximum absolute atomic E-state index is 13.7. The van der Waals surface area contributed by atoms with E-state index in [9.17, 15) is 34.6 Å². The van der Waals surface area contributed by atoms with Gasteiger partial charge in [0.15, 0.2) is 0 Å². The minimum absolute atomic E-state index is 0.0845. The van der Waals surface area contributed by atoms with Gasteiger partial charge in [-0.3, -0.25) is 34.6 Å². The average molecular weight is 688 g/mol. The van der Waals surface area contributed by atoms with Crippen molar-refractivity contribution in [2.45, 2.75) is 17.1 Å². The third-order valence-electron chi connectivity index (χ3n) is 7.31. The number of hydrogen-bond donors (Lipinski definition) is 3. The highest BCUT2D eigenvalue weighted by Crippen LogP contribution is 2.37. The van der Waals surface area contributed by atoms with Gasteiger partial charge in [0, 0.05) is 46.1 Å². The largest absolute Gasteiger partial charge is 0.325 e. The first-order valence-corrected chi connectivity index (χ1v) is 16.0. The van der Waals surface area contributed by atoms with Gasteiger partial charge in [0.25, 0.3) is 23.2 Å². The van der Waals surface area contributed by atoms with Crippen LogP contribution >= 0.6 is 11.8 Å². The number of benzene rings is 5. The molecule has 0 aromatic heterocycles. The van der Waals surface area contributed by atoms with Gasteiger partial charge in [-0.05, 0) is 78.2 Å². The lowest BCUT2D eigenvalue weighted by Crippen LogP contribution is -2.30. The molecule has 0 aliphatic carbocycles. The molecule has 0 spiro atoms. The Kier molecular flexibility index (Phi) is 11.1. The second kappa shape index (κ2) is 16.0. The summed E-state index contributed by atoms with van der Waals surface area (Å²) in [6.07, 6.45) is 1.41. The molecule has 13 heteroatoms. The maximum atomic E-state index is 13.7. The fraction of sp³-hybridized carbons (Fsp3) is 0.0541. The van der Waals surface area contributed by atoms with E-state index in [1.54, 1.807) is 61.5 Å². The molecule has 0 fully saturated rings. The van der Waals surface area contributed by atoms with Crippen molar-refractivity contribution in [1.29, 1.82) is 0 Å². The molecule has 0 bridgehead atoms. The standard InChI is InChI=1S/C37H29N5O7S/c1-24-21-30(42(48)49)19-20-32(24)39-37(45)34(26-9-4-2-5-10-26)50-31-14-8-13-28(23-31)38-36(44)33(40-35(43)27-11-6-3-7-12-27)22-25-15-17-29(18-16-25)41(46)47/h2-23,34H,1H3,(H,38,44)(H,39,45)(H,40,43)/b33-22+. The Hall–Kier alpha value is -6.60. The summed E-state index contributed by atoms with van der Waals surface area (Å²) in [6, 6.07) is 34.0. The van der Waals surface area contributed by atoms with E-state index >= 15 is 0 Å². The number of nitrogens with one attached hydrogen (secondary N) is 3. The molecule has 3 amide bonds. The molecule has 0 heterocycles. The highest BCUT2D eigenvalue weighted by Gasteiger charge is 2.24. The number of anilines is 2. The molecular weight excluding hydrogens is 659 g/mol. The van der Waals surface area contributed by atoms with Gasteiger partial charge in [-0.1, -0.05) is 54.6 Å². The van der Waals surface area contributed by atoms with Crippen molar-refractivity contribution in [1.82, 2.24) is 5.32 Å². The van der Waals surface area contributed by atoms with E-state index in [0.717, 1.165) is 0 Å². The third kappa shape index (κ3) is 9.05. The van der Waals surface area contributed by atoms with Crippen molar-refractivity contribution in [2.75, 3.05) is 10.6 Å². The number of carbonyl (C=O) groups is 3. The van der Waals surface area contributed by atoms with Crippen LogP contribution in [0.15, 0.2) is 138 Å². The zero-order valence-electron chi connectivity index (χ0n) is 26.4. The number of nitrogens with zero attached hydrogens (tertiary/aromatic N) is 2. The Morgan fingerprint density at radius 1 is 0.720 bits per heavy atom. The molecule has 5 aromatic carbocycles. The van der Waals surface area contributed by atoms with Gasteiger partial charge >= 0.3 is 0 Å². The number of aryl methyl sites for hydroxylation is 1. The van der Waals surface area contributed by atoms with Crippen molar-refractivity contribution in [2.24, 2.45) is 0 Å². The van der Waals surface area contributed by atoms with E-state index in [0.29, 0.717) is 38.5 Å². The van der Waals surface area contributed by atoms with E-state index in [2.05, 4.69) is 16.0 Å². The molecule has 3 N–H and O–H groups in total. The van der Waals surface area contributed by atoms with E-state index in [-0.39, 0.29) is 23.0 Å². The molecule has 1 atom stereocenters. The van der Waals surface area contributed by atoms with Crippen molar-refractivity contribution in [3.8, 4) is 0 Å². The number of non-ortho nitro benzene ring substituents is 2. The van der Waals surface area contributed by atoms with Crippen molar-refractivity contribution in [3.63, 3.8) is 0 Å². The molecule has 0 saturated carbocycles. The number of amides is 3. The molecule has 0 aliphatic heterocycles. The molecule has 5 aromatic rings.